The number of piperidine rings is 1. The zero-order chi connectivity index (χ0) is 19.1. The van der Waals surface area contributed by atoms with Gasteiger partial charge in [0.1, 0.15) is 11.5 Å². The van der Waals surface area contributed by atoms with Crippen LogP contribution in [-0.2, 0) is 12.8 Å². The van der Waals surface area contributed by atoms with Gasteiger partial charge in [-0.3, -0.25) is 4.79 Å². The number of nitrogens with zero attached hydrogens (tertiary/aromatic N) is 3. The third kappa shape index (κ3) is 3.67. The molecule has 5 nitrogen and oxygen atoms in total. The Bertz CT molecular complexity index is 880. The maximum Gasteiger partial charge on any atom is 0.274 e. The fourth-order valence-electron chi connectivity index (χ4n) is 4.37. The third-order valence-electron chi connectivity index (χ3n) is 5.95. The van der Waals surface area contributed by atoms with Crippen molar-refractivity contribution < 1.29 is 9.18 Å². The monoisotopic (exact) mass is 406 g/mol. The summed E-state index contributed by atoms with van der Waals surface area (Å²) in [5.74, 6) is -0.0154. The standard InChI is InChI=1S/C21H27FN4O.ClH/c1-13-8-9-19(17(22)11-13)26-18-7-3-6-16(18)20(24-26)21(27)25-10-4-5-15(12-25)14(2)23;/h8-9,11,14-15H,3-7,10,12,23H2,1-2H3;1H. The number of hydrogen-bond acceptors (Lipinski definition) is 3. The van der Waals surface area contributed by atoms with Crippen LogP contribution in [0.1, 0.15) is 53.5 Å². The van der Waals surface area contributed by atoms with Crippen molar-refractivity contribution in [3.63, 3.8) is 0 Å². The van der Waals surface area contributed by atoms with Gasteiger partial charge in [-0.25, -0.2) is 9.07 Å². The zero-order valence-corrected chi connectivity index (χ0v) is 17.3. The zero-order valence-electron chi connectivity index (χ0n) is 16.4. The van der Waals surface area contributed by atoms with Crippen molar-refractivity contribution in [3.8, 4) is 5.69 Å². The van der Waals surface area contributed by atoms with Crippen molar-refractivity contribution >= 4 is 18.3 Å². The second-order valence-corrected chi connectivity index (χ2v) is 8.01. The number of carbonyl (C=O) groups excluding carboxylic acids is 1. The molecule has 2 atom stereocenters. The minimum Gasteiger partial charge on any atom is -0.337 e. The van der Waals surface area contributed by atoms with Crippen LogP contribution in [0, 0.1) is 18.7 Å². The molecule has 1 saturated heterocycles. The van der Waals surface area contributed by atoms with Crippen LogP contribution in [-0.4, -0.2) is 39.7 Å². The van der Waals surface area contributed by atoms with Gasteiger partial charge in [0.15, 0.2) is 5.69 Å². The average molecular weight is 407 g/mol. The van der Waals surface area contributed by atoms with E-state index in [1.54, 1.807) is 10.7 Å². The number of benzene rings is 1. The van der Waals surface area contributed by atoms with Crippen LogP contribution in [0.5, 0.6) is 0 Å². The number of likely N-dealkylation sites (tertiary alicyclic amines) is 1. The Labute approximate surface area is 171 Å². The fourth-order valence-corrected chi connectivity index (χ4v) is 4.37. The number of aryl methyl sites for hydroxylation is 1. The molecule has 0 radical (unpaired) electrons. The molecular formula is C21H28ClFN4O. The van der Waals surface area contributed by atoms with Crippen molar-refractivity contribution in [1.29, 1.82) is 0 Å². The minimum absolute atomic E-state index is 0. The quantitative estimate of drug-likeness (QED) is 0.849. The van der Waals surface area contributed by atoms with Gasteiger partial charge in [-0.05, 0) is 69.6 Å². The molecule has 2 unspecified atom stereocenters. The molecule has 1 aromatic carbocycles. The Morgan fingerprint density at radius 2 is 2.11 bits per heavy atom. The van der Waals surface area contributed by atoms with Crippen molar-refractivity contribution in [2.24, 2.45) is 11.7 Å². The average Bonchev–Trinajstić information content (AvgIpc) is 3.24. The van der Waals surface area contributed by atoms with Gasteiger partial charge in [0, 0.05) is 30.4 Å². The molecule has 0 spiro atoms. The molecule has 1 fully saturated rings. The number of halogens is 2. The van der Waals surface area contributed by atoms with Crippen molar-refractivity contribution in [3.05, 3.63) is 46.5 Å². The Hall–Kier alpha value is -1.92. The first-order valence-corrected chi connectivity index (χ1v) is 9.88. The van der Waals surface area contributed by atoms with Crippen LogP contribution >= 0.6 is 12.4 Å². The van der Waals surface area contributed by atoms with E-state index in [9.17, 15) is 9.18 Å². The van der Waals surface area contributed by atoms with E-state index >= 15 is 0 Å². The summed E-state index contributed by atoms with van der Waals surface area (Å²) in [5, 5.41) is 4.59. The molecule has 2 heterocycles. The minimum atomic E-state index is -0.304. The van der Waals surface area contributed by atoms with E-state index in [0.717, 1.165) is 55.5 Å². The molecule has 7 heteroatoms. The molecular weight excluding hydrogens is 379 g/mol. The number of hydrogen-bond donors (Lipinski definition) is 1. The Morgan fingerprint density at radius 3 is 2.82 bits per heavy atom. The SMILES string of the molecule is Cc1ccc(-n2nc(C(=O)N3CCCC(C(C)N)C3)c3c2CCC3)c(F)c1.Cl. The molecule has 4 rings (SSSR count). The Kier molecular flexibility index (Phi) is 6.10. The summed E-state index contributed by atoms with van der Waals surface area (Å²) in [6.07, 6.45) is 4.65. The highest BCUT2D eigenvalue weighted by molar-refractivity contribution is 5.94. The maximum absolute atomic E-state index is 14.5. The van der Waals surface area contributed by atoms with Gasteiger partial charge in [-0.15, -0.1) is 12.4 Å². The van der Waals surface area contributed by atoms with Gasteiger partial charge >= 0.3 is 0 Å². The van der Waals surface area contributed by atoms with Gasteiger partial charge in [0.05, 0.1) is 0 Å². The van der Waals surface area contributed by atoms with Crippen LogP contribution in [0.15, 0.2) is 18.2 Å². The molecule has 1 amide bonds. The molecule has 1 aliphatic carbocycles. The molecule has 1 aromatic heterocycles. The third-order valence-corrected chi connectivity index (χ3v) is 5.95. The van der Waals surface area contributed by atoms with Crippen LogP contribution < -0.4 is 5.73 Å². The molecule has 152 valence electrons. The predicted molar refractivity (Wildman–Crippen MR) is 110 cm³/mol. The van der Waals surface area contributed by atoms with Crippen LogP contribution in [0.2, 0.25) is 0 Å². The predicted octanol–water partition coefficient (Wildman–Crippen LogP) is 3.43. The number of nitrogens with two attached hydrogens (primary N) is 1. The lowest BCUT2D eigenvalue weighted by Gasteiger charge is -2.34. The van der Waals surface area contributed by atoms with Gasteiger partial charge in [-0.1, -0.05) is 6.07 Å². The van der Waals surface area contributed by atoms with E-state index in [1.165, 1.54) is 6.07 Å². The summed E-state index contributed by atoms with van der Waals surface area (Å²) in [4.78, 5) is 15.1. The fraction of sp³-hybridized carbons (Fsp3) is 0.524. The summed E-state index contributed by atoms with van der Waals surface area (Å²) >= 11 is 0. The lowest BCUT2D eigenvalue weighted by Crippen LogP contribution is -2.45. The second kappa shape index (κ2) is 8.21. The topological polar surface area (TPSA) is 64.2 Å². The summed E-state index contributed by atoms with van der Waals surface area (Å²) in [7, 11) is 0. The van der Waals surface area contributed by atoms with Gasteiger partial charge in [0.2, 0.25) is 0 Å². The smallest absolute Gasteiger partial charge is 0.274 e. The molecule has 0 bridgehead atoms. The van der Waals surface area contributed by atoms with E-state index in [4.69, 9.17) is 5.73 Å². The lowest BCUT2D eigenvalue weighted by molar-refractivity contribution is 0.0653. The molecule has 2 N–H and O–H groups in total. The summed E-state index contributed by atoms with van der Waals surface area (Å²) in [6.45, 7) is 5.28. The summed E-state index contributed by atoms with van der Waals surface area (Å²) < 4.78 is 16.2. The van der Waals surface area contributed by atoms with Crippen molar-refractivity contribution in [2.75, 3.05) is 13.1 Å². The molecule has 2 aromatic rings. The molecule has 1 aliphatic heterocycles. The van der Waals surface area contributed by atoms with Crippen LogP contribution in [0.4, 0.5) is 4.39 Å². The number of amides is 1. The van der Waals surface area contributed by atoms with E-state index in [1.807, 2.05) is 24.8 Å². The van der Waals surface area contributed by atoms with Crippen molar-refractivity contribution in [2.45, 2.75) is 52.0 Å². The largest absolute Gasteiger partial charge is 0.337 e. The van der Waals surface area contributed by atoms with Gasteiger partial charge in [0.25, 0.3) is 5.91 Å². The number of rotatable bonds is 3. The number of aromatic nitrogens is 2. The molecule has 2 aliphatic rings. The number of fused-ring (bicyclic) bond motifs is 1. The van der Waals surface area contributed by atoms with Gasteiger partial charge < -0.3 is 10.6 Å². The van der Waals surface area contributed by atoms with E-state index < -0.39 is 0 Å². The normalized spacial score (nSPS) is 19.9. The lowest BCUT2D eigenvalue weighted by atomic mass is 9.92. The highest BCUT2D eigenvalue weighted by Gasteiger charge is 2.33. The van der Waals surface area contributed by atoms with E-state index in [2.05, 4.69) is 5.10 Å². The number of carbonyl (C=O) groups is 1. The van der Waals surface area contributed by atoms with Crippen LogP contribution in [0.3, 0.4) is 0 Å². The summed E-state index contributed by atoms with van der Waals surface area (Å²) in [6, 6.07) is 5.21. The maximum atomic E-state index is 14.5. The Balaban J connectivity index is 0.00000225. The second-order valence-electron chi connectivity index (χ2n) is 8.01. The van der Waals surface area contributed by atoms with Gasteiger partial charge in [-0.2, -0.15) is 5.10 Å². The first-order chi connectivity index (χ1) is 13.0. The van der Waals surface area contributed by atoms with Crippen molar-refractivity contribution in [1.82, 2.24) is 14.7 Å². The van der Waals surface area contributed by atoms with E-state index in [-0.39, 0.29) is 30.2 Å². The highest BCUT2D eigenvalue weighted by atomic mass is 35.5. The molecule has 0 saturated carbocycles. The Morgan fingerprint density at radius 1 is 1.32 bits per heavy atom. The molecule has 28 heavy (non-hydrogen) atoms. The van der Waals surface area contributed by atoms with E-state index in [0.29, 0.717) is 23.8 Å². The summed E-state index contributed by atoms with van der Waals surface area (Å²) in [5.41, 5.74) is 9.81. The first-order valence-electron chi connectivity index (χ1n) is 9.88. The first kappa shape index (κ1) is 20.8. The highest BCUT2D eigenvalue weighted by Crippen LogP contribution is 2.30. The van der Waals surface area contributed by atoms with Crippen LogP contribution in [0.25, 0.3) is 5.69 Å².